The van der Waals surface area contributed by atoms with E-state index in [1.165, 1.54) is 6.20 Å². The highest BCUT2D eigenvalue weighted by atomic mass is 16.1. The van der Waals surface area contributed by atoms with Crippen LogP contribution in [0.2, 0.25) is 0 Å². The Morgan fingerprint density at radius 1 is 1.32 bits per heavy atom. The first-order valence-corrected chi connectivity index (χ1v) is 6.48. The number of carbonyl (C=O) groups excluding carboxylic acids is 1. The molecule has 0 fully saturated rings. The van der Waals surface area contributed by atoms with Crippen molar-refractivity contribution in [2.45, 2.75) is 26.3 Å². The van der Waals surface area contributed by atoms with Gasteiger partial charge >= 0.3 is 0 Å². The van der Waals surface area contributed by atoms with E-state index in [1.54, 1.807) is 4.68 Å². The molecule has 1 aromatic carbocycles. The Balaban J connectivity index is 2.21. The molecule has 2 rings (SSSR count). The number of hydrogen-bond acceptors (Lipinski definition) is 4. The summed E-state index contributed by atoms with van der Waals surface area (Å²) in [5.41, 5.74) is 7.83. The molecule has 5 nitrogen and oxygen atoms in total. The fourth-order valence-corrected chi connectivity index (χ4v) is 1.95. The molecular weight excluding hydrogens is 240 g/mol. The van der Waals surface area contributed by atoms with Gasteiger partial charge in [-0.05, 0) is 24.9 Å². The smallest absolute Gasteiger partial charge is 0.212 e. The van der Waals surface area contributed by atoms with E-state index in [2.05, 4.69) is 10.3 Å². The molecule has 0 unspecified atom stereocenters. The van der Waals surface area contributed by atoms with Crippen LogP contribution < -0.4 is 5.73 Å². The summed E-state index contributed by atoms with van der Waals surface area (Å²) < 4.78 is 1.65. The fourth-order valence-electron chi connectivity index (χ4n) is 1.95. The lowest BCUT2D eigenvalue weighted by Crippen LogP contribution is -2.11. The summed E-state index contributed by atoms with van der Waals surface area (Å²) in [5.74, 6) is -0.0438. The van der Waals surface area contributed by atoms with Crippen molar-refractivity contribution >= 4 is 5.78 Å². The predicted octanol–water partition coefficient (Wildman–Crippen LogP) is 1.42. The normalized spacial score (nSPS) is 10.6. The zero-order valence-corrected chi connectivity index (χ0v) is 11.0. The molecule has 2 aromatic rings. The second-order valence-electron chi connectivity index (χ2n) is 4.41. The highest BCUT2D eigenvalue weighted by molar-refractivity contribution is 6.07. The van der Waals surface area contributed by atoms with Crippen molar-refractivity contribution < 1.29 is 4.79 Å². The lowest BCUT2D eigenvalue weighted by molar-refractivity contribution is 0.102. The van der Waals surface area contributed by atoms with Crippen molar-refractivity contribution in [2.75, 3.05) is 6.54 Å². The number of aromatic nitrogens is 3. The topological polar surface area (TPSA) is 73.8 Å². The van der Waals surface area contributed by atoms with Gasteiger partial charge in [0.25, 0.3) is 0 Å². The third-order valence-electron chi connectivity index (χ3n) is 2.93. The van der Waals surface area contributed by atoms with Gasteiger partial charge in [0.05, 0.1) is 6.20 Å². The molecule has 0 aliphatic heterocycles. The van der Waals surface area contributed by atoms with E-state index in [9.17, 15) is 4.79 Å². The van der Waals surface area contributed by atoms with Gasteiger partial charge in [0.15, 0.2) is 0 Å². The van der Waals surface area contributed by atoms with Crippen LogP contribution in [0.4, 0.5) is 0 Å². The monoisotopic (exact) mass is 258 g/mol. The van der Waals surface area contributed by atoms with Crippen LogP contribution in [0, 0.1) is 0 Å². The first kappa shape index (κ1) is 13.4. The highest BCUT2D eigenvalue weighted by Crippen LogP contribution is 2.11. The molecular formula is C14H18N4O. The summed E-state index contributed by atoms with van der Waals surface area (Å²) in [6.07, 6.45) is 3.26. The van der Waals surface area contributed by atoms with Gasteiger partial charge in [0.2, 0.25) is 5.78 Å². The van der Waals surface area contributed by atoms with Crippen molar-refractivity contribution in [1.82, 2.24) is 15.0 Å². The molecule has 0 radical (unpaired) electrons. The van der Waals surface area contributed by atoms with Gasteiger partial charge in [-0.3, -0.25) is 4.79 Å². The standard InChI is InChI=1S/C14H18N4O/c1-2-9-18-13(10-16-17-18)14(19)12-5-3-11(4-6-12)7-8-15/h3-6,10H,2,7-9,15H2,1H3. The first-order chi connectivity index (χ1) is 9.26. The van der Waals surface area contributed by atoms with E-state index in [1.807, 2.05) is 31.2 Å². The van der Waals surface area contributed by atoms with E-state index in [-0.39, 0.29) is 5.78 Å². The SMILES string of the molecule is CCCn1nncc1C(=O)c1ccc(CCN)cc1. The van der Waals surface area contributed by atoms with Gasteiger partial charge in [-0.15, -0.1) is 5.10 Å². The lowest BCUT2D eigenvalue weighted by Gasteiger charge is -2.05. The van der Waals surface area contributed by atoms with E-state index >= 15 is 0 Å². The second kappa shape index (κ2) is 6.24. The maximum absolute atomic E-state index is 12.3. The van der Waals surface area contributed by atoms with Gasteiger partial charge in [0, 0.05) is 12.1 Å². The number of rotatable bonds is 6. The molecule has 19 heavy (non-hydrogen) atoms. The number of carbonyl (C=O) groups is 1. The quantitative estimate of drug-likeness (QED) is 0.795. The van der Waals surface area contributed by atoms with Crippen LogP contribution in [-0.4, -0.2) is 27.3 Å². The van der Waals surface area contributed by atoms with Gasteiger partial charge in [0.1, 0.15) is 5.69 Å². The average molecular weight is 258 g/mol. The van der Waals surface area contributed by atoms with Crippen molar-refractivity contribution in [3.05, 3.63) is 47.3 Å². The van der Waals surface area contributed by atoms with Crippen LogP contribution in [0.5, 0.6) is 0 Å². The molecule has 0 bridgehead atoms. The number of nitrogens with zero attached hydrogens (tertiary/aromatic N) is 3. The number of benzene rings is 1. The molecule has 5 heteroatoms. The molecule has 0 spiro atoms. The van der Waals surface area contributed by atoms with Gasteiger partial charge in [-0.2, -0.15) is 0 Å². The maximum Gasteiger partial charge on any atom is 0.212 e. The van der Waals surface area contributed by atoms with Crippen molar-refractivity contribution in [3.8, 4) is 0 Å². The van der Waals surface area contributed by atoms with E-state index in [0.717, 1.165) is 18.4 Å². The molecule has 1 aromatic heterocycles. The molecule has 2 N–H and O–H groups in total. The number of hydrogen-bond donors (Lipinski definition) is 1. The van der Waals surface area contributed by atoms with E-state index < -0.39 is 0 Å². The fraction of sp³-hybridized carbons (Fsp3) is 0.357. The third-order valence-corrected chi connectivity index (χ3v) is 2.93. The maximum atomic E-state index is 12.3. The summed E-state index contributed by atoms with van der Waals surface area (Å²) in [4.78, 5) is 12.3. The van der Waals surface area contributed by atoms with Crippen LogP contribution in [0.15, 0.2) is 30.5 Å². The van der Waals surface area contributed by atoms with Crippen LogP contribution in [0.1, 0.15) is 35.0 Å². The molecule has 0 amide bonds. The zero-order chi connectivity index (χ0) is 13.7. The molecule has 0 atom stereocenters. The van der Waals surface area contributed by atoms with Crippen LogP contribution in [-0.2, 0) is 13.0 Å². The third kappa shape index (κ3) is 3.06. The predicted molar refractivity (Wildman–Crippen MR) is 72.9 cm³/mol. The Hall–Kier alpha value is -2.01. The average Bonchev–Trinajstić information content (AvgIpc) is 2.88. The van der Waals surface area contributed by atoms with E-state index in [0.29, 0.717) is 24.3 Å². The second-order valence-corrected chi connectivity index (χ2v) is 4.41. The summed E-state index contributed by atoms with van der Waals surface area (Å²) >= 11 is 0. The van der Waals surface area contributed by atoms with E-state index in [4.69, 9.17) is 5.73 Å². The van der Waals surface area contributed by atoms with Crippen molar-refractivity contribution in [1.29, 1.82) is 0 Å². The molecule has 100 valence electrons. The Bertz CT molecular complexity index is 545. The van der Waals surface area contributed by atoms with Crippen LogP contribution in [0.25, 0.3) is 0 Å². The molecule has 0 aliphatic rings. The molecule has 0 saturated heterocycles. The number of nitrogens with two attached hydrogens (primary N) is 1. The summed E-state index contributed by atoms with van der Waals surface area (Å²) in [5, 5.41) is 7.74. The number of ketones is 1. The lowest BCUT2D eigenvalue weighted by atomic mass is 10.0. The Morgan fingerprint density at radius 2 is 2.05 bits per heavy atom. The number of aryl methyl sites for hydroxylation is 1. The Labute approximate surface area is 112 Å². The summed E-state index contributed by atoms with van der Waals surface area (Å²) in [7, 11) is 0. The zero-order valence-electron chi connectivity index (χ0n) is 11.0. The Kier molecular flexibility index (Phi) is 4.41. The van der Waals surface area contributed by atoms with Gasteiger partial charge < -0.3 is 5.73 Å². The van der Waals surface area contributed by atoms with Crippen LogP contribution >= 0.6 is 0 Å². The van der Waals surface area contributed by atoms with Gasteiger partial charge in [-0.25, -0.2) is 4.68 Å². The van der Waals surface area contributed by atoms with Crippen molar-refractivity contribution in [3.63, 3.8) is 0 Å². The molecule has 0 saturated carbocycles. The summed E-state index contributed by atoms with van der Waals surface area (Å²) in [6.45, 7) is 3.35. The summed E-state index contributed by atoms with van der Waals surface area (Å²) in [6, 6.07) is 7.54. The minimum Gasteiger partial charge on any atom is -0.330 e. The van der Waals surface area contributed by atoms with Crippen molar-refractivity contribution in [2.24, 2.45) is 5.73 Å². The largest absolute Gasteiger partial charge is 0.330 e. The minimum absolute atomic E-state index is 0.0438. The highest BCUT2D eigenvalue weighted by Gasteiger charge is 2.14. The van der Waals surface area contributed by atoms with Gasteiger partial charge in [-0.1, -0.05) is 36.4 Å². The first-order valence-electron chi connectivity index (χ1n) is 6.48. The molecule has 0 aliphatic carbocycles. The molecule has 1 heterocycles. The Morgan fingerprint density at radius 3 is 2.68 bits per heavy atom. The van der Waals surface area contributed by atoms with Crippen LogP contribution in [0.3, 0.4) is 0 Å². The minimum atomic E-state index is -0.0438.